The lowest BCUT2D eigenvalue weighted by Gasteiger charge is -2.40. The lowest BCUT2D eigenvalue weighted by atomic mass is 10.0. The molecule has 0 N–H and O–H groups in total. The summed E-state index contributed by atoms with van der Waals surface area (Å²) < 4.78 is 44.6. The standard InChI is InChI=1S/C29H32FN7O4S/c1-7-24(38)35-11-12-36(18(4)15-35)27-20-13-21(30)25(22-14-31-16-34(22)5)32-28(20)37(29(39)33-27)26-19(17(2)3)9-8-10-23(26)42(6,40)41/h7-10,13-14,16-18H,1,11-12,15H2,2-6H3. The number of hydrogen-bond acceptors (Lipinski definition) is 8. The number of pyridine rings is 1. The Labute approximate surface area is 242 Å². The fourth-order valence-corrected chi connectivity index (χ4v) is 6.32. The molecule has 220 valence electrons. The molecule has 4 heterocycles. The molecule has 4 aromatic rings. The topological polar surface area (TPSA) is 123 Å². The van der Waals surface area contributed by atoms with Gasteiger partial charge in [-0.2, -0.15) is 4.98 Å². The SMILES string of the molecule is C=CC(=O)N1CCN(c2nc(=O)n(-c3c(C(C)C)cccc3S(C)(=O)=O)c3nc(-c4cncn4C)c(F)cc23)C(C)C1. The molecule has 0 saturated carbocycles. The molecular formula is C29H32FN7O4S. The predicted molar refractivity (Wildman–Crippen MR) is 158 cm³/mol. The molecule has 11 nitrogen and oxygen atoms in total. The highest BCUT2D eigenvalue weighted by molar-refractivity contribution is 7.90. The number of imidazole rings is 1. The zero-order valence-corrected chi connectivity index (χ0v) is 24.9. The second-order valence-corrected chi connectivity index (χ2v) is 12.8. The van der Waals surface area contributed by atoms with Crippen LogP contribution in [0.25, 0.3) is 28.1 Å². The van der Waals surface area contributed by atoms with Crippen molar-refractivity contribution in [2.24, 2.45) is 7.05 Å². The number of piperazine rings is 1. The highest BCUT2D eigenvalue weighted by atomic mass is 32.2. The fraction of sp³-hybridized carbons (Fsp3) is 0.345. The molecule has 3 aromatic heterocycles. The first-order valence-electron chi connectivity index (χ1n) is 13.4. The predicted octanol–water partition coefficient (Wildman–Crippen LogP) is 3.07. The highest BCUT2D eigenvalue weighted by Gasteiger charge is 2.31. The molecule has 1 amide bonds. The maximum absolute atomic E-state index is 15.8. The van der Waals surface area contributed by atoms with Gasteiger partial charge in [0.15, 0.2) is 21.3 Å². The molecule has 0 aliphatic carbocycles. The van der Waals surface area contributed by atoms with E-state index in [1.165, 1.54) is 35.3 Å². The normalized spacial score (nSPS) is 15.9. The number of aromatic nitrogens is 5. The highest BCUT2D eigenvalue weighted by Crippen LogP contribution is 2.35. The largest absolute Gasteiger partial charge is 0.355 e. The van der Waals surface area contributed by atoms with Crippen LogP contribution in [-0.2, 0) is 21.7 Å². The van der Waals surface area contributed by atoms with Crippen molar-refractivity contribution >= 4 is 32.6 Å². The number of nitrogens with zero attached hydrogens (tertiary/aromatic N) is 7. The van der Waals surface area contributed by atoms with Crippen molar-refractivity contribution in [3.05, 3.63) is 71.3 Å². The minimum absolute atomic E-state index is 0.0508. The summed E-state index contributed by atoms with van der Waals surface area (Å²) in [5.41, 5.74) is 0.338. The molecule has 1 aliphatic heterocycles. The van der Waals surface area contributed by atoms with Crippen LogP contribution in [0.5, 0.6) is 0 Å². The van der Waals surface area contributed by atoms with Gasteiger partial charge in [0, 0.05) is 39.0 Å². The molecule has 1 aromatic carbocycles. The number of sulfone groups is 1. The van der Waals surface area contributed by atoms with Crippen molar-refractivity contribution in [1.29, 1.82) is 0 Å². The number of aryl methyl sites for hydroxylation is 1. The Hall–Kier alpha value is -4.39. The minimum Gasteiger partial charge on any atom is -0.350 e. The average molecular weight is 594 g/mol. The number of amides is 1. The van der Waals surface area contributed by atoms with E-state index < -0.39 is 21.3 Å². The van der Waals surface area contributed by atoms with Crippen LogP contribution >= 0.6 is 0 Å². The lowest BCUT2D eigenvalue weighted by molar-refractivity contribution is -0.126. The number of carbonyl (C=O) groups is 1. The Kier molecular flexibility index (Phi) is 7.48. The van der Waals surface area contributed by atoms with Gasteiger partial charge < -0.3 is 14.4 Å². The fourth-order valence-electron chi connectivity index (χ4n) is 5.44. The van der Waals surface area contributed by atoms with Crippen LogP contribution in [0, 0.1) is 5.82 Å². The smallest absolute Gasteiger partial charge is 0.350 e. The second kappa shape index (κ2) is 10.8. The third kappa shape index (κ3) is 4.97. The first-order chi connectivity index (χ1) is 19.8. The van der Waals surface area contributed by atoms with Crippen LogP contribution < -0.4 is 10.6 Å². The van der Waals surface area contributed by atoms with Crippen LogP contribution in [0.15, 0.2) is 59.1 Å². The molecule has 1 aliphatic rings. The Morgan fingerprint density at radius 1 is 1.21 bits per heavy atom. The summed E-state index contributed by atoms with van der Waals surface area (Å²) >= 11 is 0. The zero-order valence-electron chi connectivity index (χ0n) is 24.1. The Morgan fingerprint density at radius 2 is 1.95 bits per heavy atom. The van der Waals surface area contributed by atoms with Gasteiger partial charge in [-0.1, -0.05) is 32.6 Å². The molecule has 0 bridgehead atoms. The Bertz CT molecular complexity index is 1900. The summed E-state index contributed by atoms with van der Waals surface area (Å²) in [6.07, 6.45) is 5.30. The summed E-state index contributed by atoms with van der Waals surface area (Å²) in [6, 6.07) is 5.82. The van der Waals surface area contributed by atoms with Crippen LogP contribution in [0.1, 0.15) is 32.3 Å². The van der Waals surface area contributed by atoms with Gasteiger partial charge >= 0.3 is 5.69 Å². The average Bonchev–Trinajstić information content (AvgIpc) is 3.36. The molecule has 0 radical (unpaired) electrons. The van der Waals surface area contributed by atoms with E-state index in [-0.39, 0.29) is 51.0 Å². The van der Waals surface area contributed by atoms with E-state index in [4.69, 9.17) is 0 Å². The van der Waals surface area contributed by atoms with Crippen molar-refractivity contribution in [2.45, 2.75) is 37.6 Å². The van der Waals surface area contributed by atoms with Gasteiger partial charge in [-0.3, -0.25) is 4.79 Å². The van der Waals surface area contributed by atoms with Gasteiger partial charge in [0.05, 0.1) is 34.2 Å². The van der Waals surface area contributed by atoms with Crippen LogP contribution in [-0.4, -0.2) is 75.2 Å². The van der Waals surface area contributed by atoms with Crippen LogP contribution in [0.4, 0.5) is 10.2 Å². The maximum atomic E-state index is 15.8. The summed E-state index contributed by atoms with van der Waals surface area (Å²) in [7, 11) is -2.11. The van der Waals surface area contributed by atoms with E-state index in [1.54, 1.807) is 28.6 Å². The minimum atomic E-state index is -3.81. The molecule has 42 heavy (non-hydrogen) atoms. The van der Waals surface area contributed by atoms with Gasteiger partial charge in [-0.15, -0.1) is 0 Å². The van der Waals surface area contributed by atoms with Gasteiger partial charge in [0.2, 0.25) is 5.91 Å². The quantitative estimate of drug-likeness (QED) is 0.313. The third-order valence-corrected chi connectivity index (χ3v) is 8.65. The second-order valence-electron chi connectivity index (χ2n) is 10.8. The van der Waals surface area contributed by atoms with E-state index in [0.29, 0.717) is 30.9 Å². The molecule has 1 atom stereocenters. The van der Waals surface area contributed by atoms with E-state index >= 15 is 4.39 Å². The van der Waals surface area contributed by atoms with E-state index in [9.17, 15) is 18.0 Å². The Morgan fingerprint density at radius 3 is 2.55 bits per heavy atom. The number of fused-ring (bicyclic) bond motifs is 1. The maximum Gasteiger partial charge on any atom is 0.355 e. The third-order valence-electron chi connectivity index (χ3n) is 7.52. The first kappa shape index (κ1) is 29.1. The molecule has 1 saturated heterocycles. The summed E-state index contributed by atoms with van der Waals surface area (Å²) in [5, 5.41) is 0.228. The molecule has 5 rings (SSSR count). The van der Waals surface area contributed by atoms with E-state index in [0.717, 1.165) is 6.26 Å². The number of para-hydroxylation sites is 1. The summed E-state index contributed by atoms with van der Waals surface area (Å²) in [4.78, 5) is 42.9. The number of hydrogen-bond donors (Lipinski definition) is 0. The van der Waals surface area contributed by atoms with Gasteiger partial charge in [-0.25, -0.2) is 32.1 Å². The molecule has 1 fully saturated rings. The molecule has 13 heteroatoms. The van der Waals surface area contributed by atoms with Crippen molar-refractivity contribution in [2.75, 3.05) is 30.8 Å². The van der Waals surface area contributed by atoms with Crippen molar-refractivity contribution in [1.82, 2.24) is 29.0 Å². The summed E-state index contributed by atoms with van der Waals surface area (Å²) in [5.74, 6) is -0.832. The number of anilines is 1. The number of benzene rings is 1. The number of halogens is 1. The van der Waals surface area contributed by atoms with Gasteiger partial charge in [0.1, 0.15) is 11.5 Å². The zero-order chi connectivity index (χ0) is 30.5. The molecule has 1 unspecified atom stereocenters. The van der Waals surface area contributed by atoms with E-state index in [2.05, 4.69) is 21.5 Å². The van der Waals surface area contributed by atoms with Crippen molar-refractivity contribution < 1.29 is 17.6 Å². The Balaban J connectivity index is 1.87. The van der Waals surface area contributed by atoms with E-state index in [1.807, 2.05) is 25.7 Å². The number of carbonyl (C=O) groups excluding carboxylic acids is 1. The van der Waals surface area contributed by atoms with Gasteiger partial charge in [-0.05, 0) is 36.6 Å². The molecule has 0 spiro atoms. The first-order valence-corrected chi connectivity index (χ1v) is 15.3. The molecular weight excluding hydrogens is 561 g/mol. The van der Waals surface area contributed by atoms with Crippen LogP contribution in [0.2, 0.25) is 0 Å². The van der Waals surface area contributed by atoms with Crippen LogP contribution in [0.3, 0.4) is 0 Å². The summed E-state index contributed by atoms with van der Waals surface area (Å²) in [6.45, 7) is 10.2. The number of rotatable bonds is 6. The van der Waals surface area contributed by atoms with Crippen molar-refractivity contribution in [3.63, 3.8) is 0 Å². The monoisotopic (exact) mass is 593 g/mol. The van der Waals surface area contributed by atoms with Crippen molar-refractivity contribution in [3.8, 4) is 17.1 Å². The lowest BCUT2D eigenvalue weighted by Crippen LogP contribution is -2.54. The van der Waals surface area contributed by atoms with Gasteiger partial charge in [0.25, 0.3) is 0 Å².